The number of likely N-dealkylation sites (tertiary alicyclic amines) is 1. The molecule has 0 saturated carbocycles. The highest BCUT2D eigenvalue weighted by Crippen LogP contribution is 2.47. The van der Waals surface area contributed by atoms with Gasteiger partial charge in [0.15, 0.2) is 0 Å². The molecule has 2 aliphatic heterocycles. The molecule has 0 atom stereocenters. The van der Waals surface area contributed by atoms with Gasteiger partial charge in [-0.25, -0.2) is 0 Å². The quantitative estimate of drug-likeness (QED) is 0.825. The Morgan fingerprint density at radius 3 is 2.15 bits per heavy atom. The van der Waals surface area contributed by atoms with Crippen LogP contribution in [0.15, 0.2) is 58.3 Å². The number of hydrogen-bond acceptors (Lipinski definition) is 4. The normalized spacial score (nSPS) is 16.3. The van der Waals surface area contributed by atoms with Crippen molar-refractivity contribution < 1.29 is 4.79 Å². The van der Waals surface area contributed by atoms with E-state index >= 15 is 0 Å². The number of fused-ring (bicyclic) bond motifs is 2. The van der Waals surface area contributed by atoms with Crippen molar-refractivity contribution in [2.45, 2.75) is 35.1 Å². The second-order valence-electron chi connectivity index (χ2n) is 6.88. The number of carbonyl (C=O) groups is 1. The van der Waals surface area contributed by atoms with Gasteiger partial charge in [0.25, 0.3) is 0 Å². The second-order valence-corrected chi connectivity index (χ2v) is 7.97. The highest BCUT2D eigenvalue weighted by molar-refractivity contribution is 7.99. The number of benzene rings is 2. The standard InChI is InChI=1S/C21H25N3OS.ClH/c1-22-16-10-13-23(14-11-16)21(25)12-15-24-17-6-2-4-8-19(17)26-20-9-5-3-7-18(20)24;/h2-9,16,22H,10-15H2,1H3;1H. The Morgan fingerprint density at radius 2 is 1.59 bits per heavy atom. The van der Waals surface area contributed by atoms with Crippen LogP contribution in [0.2, 0.25) is 0 Å². The van der Waals surface area contributed by atoms with Gasteiger partial charge in [-0.15, -0.1) is 12.4 Å². The number of halogens is 1. The predicted octanol–water partition coefficient (Wildman–Crippen LogP) is 4.31. The molecule has 1 saturated heterocycles. The van der Waals surface area contributed by atoms with Crippen molar-refractivity contribution in [2.75, 3.05) is 31.6 Å². The van der Waals surface area contributed by atoms with Crippen molar-refractivity contribution in [3.63, 3.8) is 0 Å². The maximum absolute atomic E-state index is 12.7. The van der Waals surface area contributed by atoms with Gasteiger partial charge in [-0.2, -0.15) is 0 Å². The van der Waals surface area contributed by atoms with Crippen LogP contribution in [0.1, 0.15) is 19.3 Å². The maximum atomic E-state index is 12.7. The fourth-order valence-corrected chi connectivity index (χ4v) is 4.90. The highest BCUT2D eigenvalue weighted by Gasteiger charge is 2.25. The number of carbonyl (C=O) groups excluding carboxylic acids is 1. The topological polar surface area (TPSA) is 35.6 Å². The molecule has 0 unspecified atom stereocenters. The lowest BCUT2D eigenvalue weighted by Crippen LogP contribution is -2.44. The van der Waals surface area contributed by atoms with Crippen molar-refractivity contribution in [2.24, 2.45) is 0 Å². The SMILES string of the molecule is CNC1CCN(C(=O)CCN2c3ccccc3Sc3ccccc32)CC1.Cl. The van der Waals surface area contributed by atoms with Gasteiger partial charge in [-0.3, -0.25) is 4.79 Å². The average molecular weight is 404 g/mol. The molecule has 4 nitrogen and oxygen atoms in total. The first-order valence-electron chi connectivity index (χ1n) is 9.35. The lowest BCUT2D eigenvalue weighted by Gasteiger charge is -2.35. The maximum Gasteiger partial charge on any atom is 0.224 e. The zero-order valence-electron chi connectivity index (χ0n) is 15.6. The molecule has 0 spiro atoms. The summed E-state index contributed by atoms with van der Waals surface area (Å²) in [5.41, 5.74) is 2.41. The third-order valence-electron chi connectivity index (χ3n) is 5.34. The van der Waals surface area contributed by atoms with Gasteiger partial charge in [0.05, 0.1) is 11.4 Å². The Balaban J connectivity index is 0.00000210. The van der Waals surface area contributed by atoms with E-state index < -0.39 is 0 Å². The average Bonchev–Trinajstić information content (AvgIpc) is 2.71. The van der Waals surface area contributed by atoms with E-state index in [1.54, 1.807) is 0 Å². The zero-order chi connectivity index (χ0) is 17.9. The first-order valence-corrected chi connectivity index (χ1v) is 10.2. The molecule has 144 valence electrons. The highest BCUT2D eigenvalue weighted by atomic mass is 35.5. The van der Waals surface area contributed by atoms with Crippen LogP contribution in [0.5, 0.6) is 0 Å². The molecule has 27 heavy (non-hydrogen) atoms. The van der Waals surface area contributed by atoms with E-state index in [0.717, 1.165) is 32.5 Å². The fraction of sp³-hybridized carbons (Fsp3) is 0.381. The predicted molar refractivity (Wildman–Crippen MR) is 115 cm³/mol. The molecule has 6 heteroatoms. The Morgan fingerprint density at radius 1 is 1.04 bits per heavy atom. The van der Waals surface area contributed by atoms with Gasteiger partial charge in [-0.05, 0) is 44.2 Å². The molecular formula is C21H26ClN3OS. The minimum Gasteiger partial charge on any atom is -0.343 e. The van der Waals surface area contributed by atoms with Gasteiger partial charge in [-0.1, -0.05) is 36.0 Å². The van der Waals surface area contributed by atoms with Crippen molar-refractivity contribution in [1.82, 2.24) is 10.2 Å². The minimum absolute atomic E-state index is 0. The van der Waals surface area contributed by atoms with E-state index in [0.29, 0.717) is 12.5 Å². The van der Waals surface area contributed by atoms with E-state index in [9.17, 15) is 4.79 Å². The number of piperidine rings is 1. The molecule has 4 rings (SSSR count). The molecule has 0 aliphatic carbocycles. The van der Waals surface area contributed by atoms with Gasteiger partial charge >= 0.3 is 0 Å². The van der Waals surface area contributed by atoms with Gasteiger partial charge in [0.2, 0.25) is 5.91 Å². The largest absolute Gasteiger partial charge is 0.343 e. The molecule has 2 aliphatic rings. The molecular weight excluding hydrogens is 378 g/mol. The van der Waals surface area contributed by atoms with Gasteiger partial charge in [0, 0.05) is 41.9 Å². The van der Waals surface area contributed by atoms with Crippen molar-refractivity contribution in [3.8, 4) is 0 Å². The van der Waals surface area contributed by atoms with Crippen LogP contribution in [0.4, 0.5) is 11.4 Å². The lowest BCUT2D eigenvalue weighted by atomic mass is 10.0. The van der Waals surface area contributed by atoms with E-state index in [2.05, 4.69) is 58.7 Å². The van der Waals surface area contributed by atoms with Crippen LogP contribution in [0.25, 0.3) is 0 Å². The van der Waals surface area contributed by atoms with Crippen LogP contribution in [0.3, 0.4) is 0 Å². The van der Waals surface area contributed by atoms with Crippen LogP contribution in [-0.4, -0.2) is 43.5 Å². The summed E-state index contributed by atoms with van der Waals surface area (Å²) in [6.45, 7) is 2.46. The lowest BCUT2D eigenvalue weighted by molar-refractivity contribution is -0.132. The molecule has 1 fully saturated rings. The minimum atomic E-state index is 0. The molecule has 2 heterocycles. The van der Waals surface area contributed by atoms with Crippen molar-refractivity contribution in [3.05, 3.63) is 48.5 Å². The summed E-state index contributed by atoms with van der Waals surface area (Å²) in [5.74, 6) is 0.271. The first kappa shape index (κ1) is 20.1. The summed E-state index contributed by atoms with van der Waals surface area (Å²) in [6, 6.07) is 17.5. The van der Waals surface area contributed by atoms with E-state index in [1.807, 2.05) is 23.7 Å². The van der Waals surface area contributed by atoms with Crippen molar-refractivity contribution in [1.29, 1.82) is 0 Å². The van der Waals surface area contributed by atoms with E-state index in [-0.39, 0.29) is 18.3 Å². The third kappa shape index (κ3) is 4.26. The van der Waals surface area contributed by atoms with Gasteiger partial charge in [0.1, 0.15) is 0 Å². The number of amides is 1. The number of nitrogens with one attached hydrogen (secondary N) is 1. The van der Waals surface area contributed by atoms with Crippen molar-refractivity contribution >= 4 is 41.5 Å². The summed E-state index contributed by atoms with van der Waals surface area (Å²) in [4.78, 5) is 19.6. The zero-order valence-corrected chi connectivity index (χ0v) is 17.2. The number of hydrogen-bond donors (Lipinski definition) is 1. The van der Waals surface area contributed by atoms with Crippen LogP contribution < -0.4 is 10.2 Å². The number of rotatable bonds is 4. The molecule has 0 radical (unpaired) electrons. The number of nitrogens with zero attached hydrogens (tertiary/aromatic N) is 2. The monoisotopic (exact) mass is 403 g/mol. The van der Waals surface area contributed by atoms with Crippen LogP contribution >= 0.6 is 24.2 Å². The number of para-hydroxylation sites is 2. The molecule has 2 aromatic carbocycles. The Hall–Kier alpha value is -1.69. The fourth-order valence-electron chi connectivity index (χ4n) is 3.81. The van der Waals surface area contributed by atoms with Gasteiger partial charge < -0.3 is 15.1 Å². The summed E-state index contributed by atoms with van der Waals surface area (Å²) in [5, 5.41) is 3.32. The molecule has 1 amide bonds. The van der Waals surface area contributed by atoms with Crippen LogP contribution in [-0.2, 0) is 4.79 Å². The molecule has 2 aromatic rings. The molecule has 1 N–H and O–H groups in total. The van der Waals surface area contributed by atoms with Crippen LogP contribution in [0, 0.1) is 0 Å². The Labute approximate surface area is 171 Å². The van der Waals surface area contributed by atoms with E-state index in [1.165, 1.54) is 21.2 Å². The summed E-state index contributed by atoms with van der Waals surface area (Å²) in [6.07, 6.45) is 2.65. The first-order chi connectivity index (χ1) is 12.8. The Kier molecular flexibility index (Phi) is 6.68. The second kappa shape index (κ2) is 9.00. The Bertz CT molecular complexity index is 747. The summed E-state index contributed by atoms with van der Waals surface area (Å²) < 4.78 is 0. The smallest absolute Gasteiger partial charge is 0.224 e. The number of anilines is 2. The summed E-state index contributed by atoms with van der Waals surface area (Å²) >= 11 is 1.81. The molecule has 0 bridgehead atoms. The third-order valence-corrected chi connectivity index (χ3v) is 6.47. The van der Waals surface area contributed by atoms with E-state index in [4.69, 9.17) is 0 Å². The summed E-state index contributed by atoms with van der Waals surface area (Å²) in [7, 11) is 2.01. The molecule has 0 aromatic heterocycles.